The van der Waals surface area contributed by atoms with Crippen LogP contribution in [0.25, 0.3) is 0 Å². The van der Waals surface area contributed by atoms with E-state index in [1.807, 2.05) is 13.8 Å². The van der Waals surface area contributed by atoms with Crippen molar-refractivity contribution in [2.75, 3.05) is 6.54 Å². The van der Waals surface area contributed by atoms with Crippen LogP contribution in [0.15, 0.2) is 0 Å². The van der Waals surface area contributed by atoms with Crippen molar-refractivity contribution < 1.29 is 4.79 Å². The maximum Gasteiger partial charge on any atom is 0.225 e. The third-order valence-corrected chi connectivity index (χ3v) is 3.32. The molecule has 0 aliphatic heterocycles. The van der Waals surface area contributed by atoms with E-state index in [2.05, 4.69) is 5.32 Å². The molecule has 0 bridgehead atoms. The van der Waals surface area contributed by atoms with Crippen molar-refractivity contribution in [3.05, 3.63) is 0 Å². The minimum Gasteiger partial charge on any atom is -0.353 e. The maximum atomic E-state index is 12.0. The molecule has 1 aliphatic rings. The lowest BCUT2D eigenvalue weighted by atomic mass is 9.87. The van der Waals surface area contributed by atoms with Crippen molar-refractivity contribution in [2.45, 2.75) is 58.4 Å². The maximum absolute atomic E-state index is 12.0. The van der Waals surface area contributed by atoms with Crippen LogP contribution in [0.5, 0.6) is 0 Å². The van der Waals surface area contributed by atoms with Crippen molar-refractivity contribution in [3.8, 4) is 0 Å². The van der Waals surface area contributed by atoms with Gasteiger partial charge in [0.1, 0.15) is 0 Å². The number of carbonyl (C=O) groups excluding carboxylic acids is 1. The van der Waals surface area contributed by atoms with E-state index in [-0.39, 0.29) is 11.3 Å². The van der Waals surface area contributed by atoms with Crippen molar-refractivity contribution in [3.63, 3.8) is 0 Å². The number of amides is 1. The number of nitrogens with two attached hydrogens (primary N) is 1. The first kappa shape index (κ1) is 12.5. The highest BCUT2D eigenvalue weighted by Crippen LogP contribution is 2.22. The van der Waals surface area contributed by atoms with Gasteiger partial charge in [0.25, 0.3) is 0 Å². The number of rotatable bonds is 4. The van der Waals surface area contributed by atoms with Gasteiger partial charge in [-0.1, -0.05) is 33.1 Å². The van der Waals surface area contributed by atoms with E-state index >= 15 is 0 Å². The van der Waals surface area contributed by atoms with Crippen LogP contribution in [0.2, 0.25) is 0 Å². The van der Waals surface area contributed by atoms with Gasteiger partial charge in [0.2, 0.25) is 5.91 Å². The van der Waals surface area contributed by atoms with Crippen molar-refractivity contribution >= 4 is 5.91 Å². The SMILES string of the molecule is CC(C)(CCN)C(=O)NC1CCCCC1. The standard InChI is InChI=1S/C12H24N2O/c1-12(2,8-9-13)11(15)14-10-6-4-3-5-7-10/h10H,3-9,13H2,1-2H3,(H,14,15). The van der Waals surface area contributed by atoms with Crippen molar-refractivity contribution in [1.29, 1.82) is 0 Å². The Morgan fingerprint density at radius 1 is 1.33 bits per heavy atom. The lowest BCUT2D eigenvalue weighted by molar-refractivity contribution is -0.130. The molecule has 0 aromatic rings. The van der Waals surface area contributed by atoms with Gasteiger partial charge >= 0.3 is 0 Å². The summed E-state index contributed by atoms with van der Waals surface area (Å²) in [5.41, 5.74) is 5.19. The van der Waals surface area contributed by atoms with E-state index in [1.165, 1.54) is 19.3 Å². The molecular weight excluding hydrogens is 188 g/mol. The van der Waals surface area contributed by atoms with Crippen molar-refractivity contribution in [1.82, 2.24) is 5.32 Å². The molecule has 1 amide bonds. The molecule has 0 spiro atoms. The second kappa shape index (κ2) is 5.50. The molecular formula is C12H24N2O. The summed E-state index contributed by atoms with van der Waals surface area (Å²) in [7, 11) is 0. The van der Waals surface area contributed by atoms with E-state index < -0.39 is 0 Å². The fourth-order valence-corrected chi connectivity index (χ4v) is 2.10. The number of nitrogens with one attached hydrogen (secondary N) is 1. The predicted octanol–water partition coefficient (Wildman–Crippen LogP) is 1.81. The Morgan fingerprint density at radius 2 is 1.93 bits per heavy atom. The fraction of sp³-hybridized carbons (Fsp3) is 0.917. The van der Waals surface area contributed by atoms with E-state index in [9.17, 15) is 4.79 Å². The summed E-state index contributed by atoms with van der Waals surface area (Å²) in [5, 5.41) is 3.15. The van der Waals surface area contributed by atoms with Gasteiger partial charge < -0.3 is 11.1 Å². The molecule has 0 aromatic carbocycles. The summed E-state index contributed by atoms with van der Waals surface area (Å²) in [4.78, 5) is 12.0. The zero-order valence-electron chi connectivity index (χ0n) is 10.0. The molecule has 0 aromatic heterocycles. The first-order chi connectivity index (χ1) is 7.06. The van der Waals surface area contributed by atoms with Gasteiger partial charge in [-0.3, -0.25) is 4.79 Å². The van der Waals surface area contributed by atoms with Gasteiger partial charge in [-0.05, 0) is 25.8 Å². The predicted molar refractivity (Wildman–Crippen MR) is 62.5 cm³/mol. The minimum atomic E-state index is -0.313. The normalized spacial score (nSPS) is 18.9. The summed E-state index contributed by atoms with van der Waals surface area (Å²) < 4.78 is 0. The average Bonchev–Trinajstić information content (AvgIpc) is 2.19. The van der Waals surface area contributed by atoms with E-state index in [4.69, 9.17) is 5.73 Å². The van der Waals surface area contributed by atoms with Gasteiger partial charge in [0, 0.05) is 11.5 Å². The van der Waals surface area contributed by atoms with Crippen molar-refractivity contribution in [2.24, 2.45) is 11.1 Å². The molecule has 3 nitrogen and oxygen atoms in total. The molecule has 0 heterocycles. The first-order valence-corrected chi connectivity index (χ1v) is 6.07. The second-order valence-electron chi connectivity index (χ2n) is 5.23. The molecule has 88 valence electrons. The highest BCUT2D eigenvalue weighted by molar-refractivity contribution is 5.82. The zero-order chi connectivity index (χ0) is 11.3. The highest BCUT2D eigenvalue weighted by atomic mass is 16.2. The number of hydrogen-bond donors (Lipinski definition) is 2. The van der Waals surface area contributed by atoms with Crippen LogP contribution in [0, 0.1) is 5.41 Å². The third-order valence-electron chi connectivity index (χ3n) is 3.32. The molecule has 1 rings (SSSR count). The average molecular weight is 212 g/mol. The highest BCUT2D eigenvalue weighted by Gasteiger charge is 2.28. The van der Waals surface area contributed by atoms with Crippen LogP contribution in [0.3, 0.4) is 0 Å². The molecule has 3 heteroatoms. The molecule has 1 saturated carbocycles. The lowest BCUT2D eigenvalue weighted by Crippen LogP contribution is -2.44. The summed E-state index contributed by atoms with van der Waals surface area (Å²) >= 11 is 0. The van der Waals surface area contributed by atoms with E-state index in [0.717, 1.165) is 19.3 Å². The Balaban J connectivity index is 2.39. The largest absolute Gasteiger partial charge is 0.353 e. The van der Waals surface area contributed by atoms with Crippen LogP contribution in [-0.4, -0.2) is 18.5 Å². The second-order valence-corrected chi connectivity index (χ2v) is 5.23. The molecule has 15 heavy (non-hydrogen) atoms. The Labute approximate surface area is 92.8 Å². The molecule has 0 saturated heterocycles. The van der Waals surface area contributed by atoms with Crippen LogP contribution >= 0.6 is 0 Å². The third kappa shape index (κ3) is 3.82. The minimum absolute atomic E-state index is 0.167. The van der Waals surface area contributed by atoms with Crippen LogP contribution in [0.4, 0.5) is 0 Å². The van der Waals surface area contributed by atoms with Gasteiger partial charge in [-0.2, -0.15) is 0 Å². The Hall–Kier alpha value is -0.570. The van der Waals surface area contributed by atoms with Gasteiger partial charge in [0.15, 0.2) is 0 Å². The molecule has 0 atom stereocenters. The number of carbonyl (C=O) groups is 1. The van der Waals surface area contributed by atoms with Crippen LogP contribution in [-0.2, 0) is 4.79 Å². The monoisotopic (exact) mass is 212 g/mol. The Kier molecular flexibility index (Phi) is 4.58. The van der Waals surface area contributed by atoms with Gasteiger partial charge in [-0.15, -0.1) is 0 Å². The summed E-state index contributed by atoms with van der Waals surface area (Å²) in [6.07, 6.45) is 6.86. The van der Waals surface area contributed by atoms with Crippen LogP contribution in [0.1, 0.15) is 52.4 Å². The Bertz CT molecular complexity index is 208. The molecule has 1 fully saturated rings. The number of hydrogen-bond acceptors (Lipinski definition) is 2. The first-order valence-electron chi connectivity index (χ1n) is 6.07. The molecule has 3 N–H and O–H groups in total. The summed E-state index contributed by atoms with van der Waals surface area (Å²) in [6, 6.07) is 0.406. The fourth-order valence-electron chi connectivity index (χ4n) is 2.10. The summed E-state index contributed by atoms with van der Waals surface area (Å²) in [6.45, 7) is 4.52. The lowest BCUT2D eigenvalue weighted by Gasteiger charge is -2.29. The quantitative estimate of drug-likeness (QED) is 0.746. The van der Waals surface area contributed by atoms with Gasteiger partial charge in [0.05, 0.1) is 0 Å². The zero-order valence-corrected chi connectivity index (χ0v) is 10.0. The Morgan fingerprint density at radius 3 is 2.47 bits per heavy atom. The van der Waals surface area contributed by atoms with Crippen LogP contribution < -0.4 is 11.1 Å². The molecule has 0 unspecified atom stereocenters. The van der Waals surface area contributed by atoms with E-state index in [1.54, 1.807) is 0 Å². The topological polar surface area (TPSA) is 55.1 Å². The summed E-state index contributed by atoms with van der Waals surface area (Å²) in [5.74, 6) is 0.167. The molecule has 1 aliphatic carbocycles. The van der Waals surface area contributed by atoms with Gasteiger partial charge in [-0.25, -0.2) is 0 Å². The van der Waals surface area contributed by atoms with E-state index in [0.29, 0.717) is 12.6 Å². The smallest absolute Gasteiger partial charge is 0.225 e. The molecule has 0 radical (unpaired) electrons.